The molecule has 1 aromatic carbocycles. The molecule has 2 N–H and O–H groups in total. The van der Waals surface area contributed by atoms with Gasteiger partial charge in [-0.05, 0) is 17.7 Å². The number of nitrogens with zero attached hydrogens (tertiary/aromatic N) is 1. The number of hydrogen-bond acceptors (Lipinski definition) is 2. The Bertz CT molecular complexity index is 449. The molecular weight excluding hydrogens is 180 g/mol. The third-order valence-electron chi connectivity index (χ3n) is 1.94. The topological polar surface area (TPSA) is 66.0 Å². The number of hydrogen-bond donors (Lipinski definition) is 2. The van der Waals surface area contributed by atoms with Gasteiger partial charge < -0.3 is 5.11 Å². The molecule has 1 heterocycles. The van der Waals surface area contributed by atoms with Crippen molar-refractivity contribution in [2.45, 2.75) is 0 Å². The molecule has 0 aliphatic heterocycles. The summed E-state index contributed by atoms with van der Waals surface area (Å²) in [4.78, 5) is 10.7. The van der Waals surface area contributed by atoms with Gasteiger partial charge >= 0.3 is 5.97 Å². The normalized spacial score (nSPS) is 10.0. The van der Waals surface area contributed by atoms with E-state index in [0.29, 0.717) is 0 Å². The molecule has 4 nitrogen and oxygen atoms in total. The summed E-state index contributed by atoms with van der Waals surface area (Å²) < 4.78 is 0. The lowest BCUT2D eigenvalue weighted by Gasteiger charge is -1.98. The molecule has 0 spiro atoms. The van der Waals surface area contributed by atoms with E-state index in [1.165, 1.54) is 0 Å². The highest BCUT2D eigenvalue weighted by Gasteiger charge is 2.04. The fourth-order valence-corrected chi connectivity index (χ4v) is 1.24. The summed E-state index contributed by atoms with van der Waals surface area (Å²) in [5, 5.41) is 15.3. The molecule has 0 aliphatic rings. The second-order valence-corrected chi connectivity index (χ2v) is 2.87. The zero-order chi connectivity index (χ0) is 9.97. The van der Waals surface area contributed by atoms with Crippen LogP contribution in [-0.4, -0.2) is 21.3 Å². The summed E-state index contributed by atoms with van der Waals surface area (Å²) in [5.41, 5.74) is 2.01. The van der Waals surface area contributed by atoms with E-state index < -0.39 is 5.97 Å². The SMILES string of the molecule is O=C(O)c1cccc(-c2cn[nH]c2)c1. The molecule has 0 fully saturated rings. The Hall–Kier alpha value is -2.10. The van der Waals surface area contributed by atoms with Gasteiger partial charge in [0.15, 0.2) is 0 Å². The Balaban J connectivity index is 2.46. The van der Waals surface area contributed by atoms with E-state index in [-0.39, 0.29) is 5.56 Å². The Labute approximate surface area is 80.2 Å². The van der Waals surface area contributed by atoms with E-state index >= 15 is 0 Å². The fraction of sp³-hybridized carbons (Fsp3) is 0. The van der Waals surface area contributed by atoms with Crippen LogP contribution in [0.3, 0.4) is 0 Å². The van der Waals surface area contributed by atoms with Gasteiger partial charge in [0.2, 0.25) is 0 Å². The number of aromatic nitrogens is 2. The third kappa shape index (κ3) is 1.50. The second kappa shape index (κ2) is 3.33. The number of nitrogens with one attached hydrogen (secondary N) is 1. The number of aromatic carboxylic acids is 1. The van der Waals surface area contributed by atoms with Crippen molar-refractivity contribution in [3.05, 3.63) is 42.2 Å². The molecule has 0 radical (unpaired) electrons. The summed E-state index contributed by atoms with van der Waals surface area (Å²) in [6.45, 7) is 0. The molecule has 0 amide bonds. The molecule has 2 aromatic rings. The van der Waals surface area contributed by atoms with Gasteiger partial charge in [0, 0.05) is 11.8 Å². The molecular formula is C10H8N2O2. The first kappa shape index (κ1) is 8.50. The summed E-state index contributed by atoms with van der Waals surface area (Å²) in [5.74, 6) is -0.921. The van der Waals surface area contributed by atoms with E-state index in [1.807, 2.05) is 6.07 Å². The second-order valence-electron chi connectivity index (χ2n) is 2.87. The van der Waals surface area contributed by atoms with Gasteiger partial charge in [-0.1, -0.05) is 12.1 Å². The fourth-order valence-electron chi connectivity index (χ4n) is 1.24. The Morgan fingerprint density at radius 2 is 2.21 bits per heavy atom. The van der Waals surface area contributed by atoms with Gasteiger partial charge in [-0.15, -0.1) is 0 Å². The van der Waals surface area contributed by atoms with Crippen molar-refractivity contribution in [2.24, 2.45) is 0 Å². The Morgan fingerprint density at radius 1 is 1.36 bits per heavy atom. The monoisotopic (exact) mass is 188 g/mol. The lowest BCUT2D eigenvalue weighted by Crippen LogP contribution is -1.95. The zero-order valence-electron chi connectivity index (χ0n) is 7.27. The maximum atomic E-state index is 10.7. The van der Waals surface area contributed by atoms with E-state index in [2.05, 4.69) is 10.2 Å². The van der Waals surface area contributed by atoms with Crippen LogP contribution in [0.15, 0.2) is 36.7 Å². The van der Waals surface area contributed by atoms with Gasteiger partial charge in [-0.25, -0.2) is 4.79 Å². The number of carbonyl (C=O) groups is 1. The number of rotatable bonds is 2. The summed E-state index contributed by atoms with van der Waals surface area (Å²) in [6.07, 6.45) is 3.38. The van der Waals surface area contributed by atoms with Crippen LogP contribution < -0.4 is 0 Å². The average molecular weight is 188 g/mol. The summed E-state index contributed by atoms with van der Waals surface area (Å²) >= 11 is 0. The Kier molecular flexibility index (Phi) is 2.02. The van der Waals surface area contributed by atoms with Crippen LogP contribution >= 0.6 is 0 Å². The van der Waals surface area contributed by atoms with Crippen molar-refractivity contribution in [3.8, 4) is 11.1 Å². The number of H-pyrrole nitrogens is 1. The molecule has 1 aromatic heterocycles. The van der Waals surface area contributed by atoms with Crippen molar-refractivity contribution in [3.63, 3.8) is 0 Å². The first-order valence-electron chi connectivity index (χ1n) is 4.10. The van der Waals surface area contributed by atoms with Crippen LogP contribution in [0, 0.1) is 0 Å². The van der Waals surface area contributed by atoms with Crippen molar-refractivity contribution in [1.29, 1.82) is 0 Å². The molecule has 2 rings (SSSR count). The molecule has 0 saturated carbocycles. The van der Waals surface area contributed by atoms with Crippen LogP contribution in [0.5, 0.6) is 0 Å². The van der Waals surface area contributed by atoms with Gasteiger partial charge in [-0.2, -0.15) is 5.10 Å². The van der Waals surface area contributed by atoms with Gasteiger partial charge in [0.1, 0.15) is 0 Å². The number of benzene rings is 1. The molecule has 4 heteroatoms. The highest BCUT2D eigenvalue weighted by atomic mass is 16.4. The lowest BCUT2D eigenvalue weighted by molar-refractivity contribution is 0.0697. The van der Waals surface area contributed by atoms with Gasteiger partial charge in [0.05, 0.1) is 11.8 Å². The van der Waals surface area contributed by atoms with Crippen LogP contribution in [0.2, 0.25) is 0 Å². The van der Waals surface area contributed by atoms with Crippen molar-refractivity contribution in [2.75, 3.05) is 0 Å². The van der Waals surface area contributed by atoms with Gasteiger partial charge in [-0.3, -0.25) is 5.10 Å². The largest absolute Gasteiger partial charge is 0.478 e. The minimum absolute atomic E-state index is 0.281. The van der Waals surface area contributed by atoms with E-state index in [0.717, 1.165) is 11.1 Å². The third-order valence-corrected chi connectivity index (χ3v) is 1.94. The Morgan fingerprint density at radius 3 is 2.86 bits per heavy atom. The molecule has 0 atom stereocenters. The van der Waals surface area contributed by atoms with E-state index in [4.69, 9.17) is 5.11 Å². The maximum absolute atomic E-state index is 10.7. The first-order chi connectivity index (χ1) is 6.77. The van der Waals surface area contributed by atoms with Crippen LogP contribution in [0.25, 0.3) is 11.1 Å². The molecule has 70 valence electrons. The van der Waals surface area contributed by atoms with E-state index in [1.54, 1.807) is 30.6 Å². The predicted molar refractivity (Wildman–Crippen MR) is 51.0 cm³/mol. The van der Waals surface area contributed by atoms with Crippen LogP contribution in [-0.2, 0) is 0 Å². The molecule has 14 heavy (non-hydrogen) atoms. The van der Waals surface area contributed by atoms with Crippen LogP contribution in [0.4, 0.5) is 0 Å². The highest BCUT2D eigenvalue weighted by Crippen LogP contribution is 2.18. The molecule has 0 unspecified atom stereocenters. The average Bonchev–Trinajstić information content (AvgIpc) is 2.71. The summed E-state index contributed by atoms with van der Waals surface area (Å²) in [7, 11) is 0. The van der Waals surface area contributed by atoms with Crippen molar-refractivity contribution in [1.82, 2.24) is 10.2 Å². The van der Waals surface area contributed by atoms with E-state index in [9.17, 15) is 4.79 Å². The maximum Gasteiger partial charge on any atom is 0.335 e. The predicted octanol–water partition coefficient (Wildman–Crippen LogP) is 1.77. The molecule has 0 aliphatic carbocycles. The molecule has 0 bridgehead atoms. The number of carboxylic acids is 1. The minimum atomic E-state index is -0.921. The zero-order valence-corrected chi connectivity index (χ0v) is 7.27. The smallest absolute Gasteiger partial charge is 0.335 e. The highest BCUT2D eigenvalue weighted by molar-refractivity contribution is 5.89. The summed E-state index contributed by atoms with van der Waals surface area (Å²) in [6, 6.07) is 6.74. The number of carboxylic acid groups (broad SMARTS) is 1. The van der Waals surface area contributed by atoms with Gasteiger partial charge in [0.25, 0.3) is 0 Å². The number of aromatic amines is 1. The quantitative estimate of drug-likeness (QED) is 0.754. The minimum Gasteiger partial charge on any atom is -0.478 e. The lowest BCUT2D eigenvalue weighted by atomic mass is 10.1. The van der Waals surface area contributed by atoms with Crippen molar-refractivity contribution < 1.29 is 9.90 Å². The molecule has 0 saturated heterocycles. The van der Waals surface area contributed by atoms with Crippen molar-refractivity contribution >= 4 is 5.97 Å². The standard InChI is InChI=1S/C10H8N2O2/c13-10(14)8-3-1-2-7(4-8)9-5-11-12-6-9/h1-6H,(H,11,12)(H,13,14). The first-order valence-corrected chi connectivity index (χ1v) is 4.10. The van der Waals surface area contributed by atoms with Crippen LogP contribution in [0.1, 0.15) is 10.4 Å².